The molecule has 0 radical (unpaired) electrons. The summed E-state index contributed by atoms with van der Waals surface area (Å²) in [5.74, 6) is 1.40. The van der Waals surface area contributed by atoms with Gasteiger partial charge in [0.2, 0.25) is 5.91 Å². The van der Waals surface area contributed by atoms with Crippen molar-refractivity contribution in [2.24, 2.45) is 5.73 Å². The van der Waals surface area contributed by atoms with E-state index in [1.807, 2.05) is 34.1 Å². The number of nitrogens with zero attached hydrogens (tertiary/aromatic N) is 2. The number of thiocarbonyl (C=S) groups is 1. The molecule has 1 amide bonds. The number of para-hydroxylation sites is 2. The molecule has 2 rings (SSSR count). The molecule has 0 bridgehead atoms. The fourth-order valence-corrected chi connectivity index (χ4v) is 2.50. The molecule has 0 atom stereocenters. The van der Waals surface area contributed by atoms with Crippen LogP contribution in [0.4, 0.5) is 0 Å². The zero-order valence-corrected chi connectivity index (χ0v) is 13.5. The van der Waals surface area contributed by atoms with Gasteiger partial charge in [0, 0.05) is 26.2 Å². The summed E-state index contributed by atoms with van der Waals surface area (Å²) < 4.78 is 10.8. The Morgan fingerprint density at radius 1 is 1.18 bits per heavy atom. The Kier molecular flexibility index (Phi) is 5.83. The van der Waals surface area contributed by atoms with Crippen LogP contribution in [0.25, 0.3) is 0 Å². The van der Waals surface area contributed by atoms with Crippen LogP contribution in [-0.4, -0.2) is 60.7 Å². The molecule has 120 valence electrons. The van der Waals surface area contributed by atoms with E-state index in [1.54, 1.807) is 7.11 Å². The van der Waals surface area contributed by atoms with Gasteiger partial charge in [0.15, 0.2) is 16.6 Å². The highest BCUT2D eigenvalue weighted by Crippen LogP contribution is 2.25. The summed E-state index contributed by atoms with van der Waals surface area (Å²) >= 11 is 4.94. The maximum Gasteiger partial charge on any atom is 0.226 e. The van der Waals surface area contributed by atoms with E-state index < -0.39 is 0 Å². The van der Waals surface area contributed by atoms with Crippen molar-refractivity contribution in [2.45, 2.75) is 6.42 Å². The van der Waals surface area contributed by atoms with Crippen LogP contribution in [0, 0.1) is 0 Å². The molecule has 0 aromatic heterocycles. The number of piperazine rings is 1. The minimum Gasteiger partial charge on any atom is -0.493 e. The van der Waals surface area contributed by atoms with Gasteiger partial charge in [-0.3, -0.25) is 4.79 Å². The van der Waals surface area contributed by atoms with Crippen molar-refractivity contribution in [3.8, 4) is 11.5 Å². The first-order chi connectivity index (χ1) is 10.6. The Morgan fingerprint density at radius 2 is 1.77 bits per heavy atom. The average Bonchev–Trinajstić information content (AvgIpc) is 2.55. The molecule has 1 aliphatic heterocycles. The molecule has 1 fully saturated rings. The van der Waals surface area contributed by atoms with Crippen LogP contribution in [0.3, 0.4) is 0 Å². The van der Waals surface area contributed by atoms with Gasteiger partial charge in [0.25, 0.3) is 0 Å². The number of methoxy groups -OCH3 is 1. The Morgan fingerprint density at radius 3 is 2.36 bits per heavy atom. The van der Waals surface area contributed by atoms with Crippen molar-refractivity contribution in [2.75, 3.05) is 39.9 Å². The number of hydrogen-bond donors (Lipinski definition) is 1. The van der Waals surface area contributed by atoms with Crippen LogP contribution in [0.2, 0.25) is 0 Å². The number of hydrogen-bond acceptors (Lipinski definition) is 4. The summed E-state index contributed by atoms with van der Waals surface area (Å²) in [6.07, 6.45) is 0.338. The monoisotopic (exact) mass is 323 g/mol. The van der Waals surface area contributed by atoms with Crippen LogP contribution in [0.5, 0.6) is 11.5 Å². The van der Waals surface area contributed by atoms with E-state index in [1.165, 1.54) is 0 Å². The van der Waals surface area contributed by atoms with Crippen LogP contribution >= 0.6 is 12.2 Å². The molecular weight excluding hydrogens is 302 g/mol. The lowest BCUT2D eigenvalue weighted by Crippen LogP contribution is -2.52. The maximum absolute atomic E-state index is 12.2. The first-order valence-corrected chi connectivity index (χ1v) is 7.60. The van der Waals surface area contributed by atoms with Crippen LogP contribution < -0.4 is 15.2 Å². The Balaban J connectivity index is 1.75. The van der Waals surface area contributed by atoms with E-state index in [0.717, 1.165) is 0 Å². The van der Waals surface area contributed by atoms with E-state index in [2.05, 4.69) is 0 Å². The molecule has 1 aromatic rings. The fraction of sp³-hybridized carbons (Fsp3) is 0.467. The number of nitrogens with two attached hydrogens (primary N) is 1. The lowest BCUT2D eigenvalue weighted by Gasteiger charge is -2.35. The third kappa shape index (κ3) is 4.24. The summed E-state index contributed by atoms with van der Waals surface area (Å²) in [5.41, 5.74) is 5.58. The van der Waals surface area contributed by atoms with Crippen molar-refractivity contribution in [3.05, 3.63) is 24.3 Å². The Bertz CT molecular complexity index is 531. The van der Waals surface area contributed by atoms with E-state index in [-0.39, 0.29) is 5.91 Å². The van der Waals surface area contributed by atoms with Gasteiger partial charge in [-0.15, -0.1) is 0 Å². The van der Waals surface area contributed by atoms with Gasteiger partial charge in [0.05, 0.1) is 20.1 Å². The molecular formula is C15H21N3O3S. The van der Waals surface area contributed by atoms with Gasteiger partial charge < -0.3 is 25.0 Å². The molecule has 0 saturated carbocycles. The summed E-state index contributed by atoms with van der Waals surface area (Å²) in [4.78, 5) is 15.9. The summed E-state index contributed by atoms with van der Waals surface area (Å²) in [6.45, 7) is 2.99. The largest absolute Gasteiger partial charge is 0.493 e. The van der Waals surface area contributed by atoms with Crippen molar-refractivity contribution in [1.29, 1.82) is 0 Å². The molecule has 6 nitrogen and oxygen atoms in total. The second kappa shape index (κ2) is 7.84. The number of benzene rings is 1. The molecule has 1 aliphatic rings. The van der Waals surface area contributed by atoms with Gasteiger partial charge >= 0.3 is 0 Å². The molecule has 1 heterocycles. The van der Waals surface area contributed by atoms with Crippen LogP contribution in [-0.2, 0) is 4.79 Å². The number of carbonyl (C=O) groups excluding carboxylic acids is 1. The second-order valence-electron chi connectivity index (χ2n) is 4.96. The average molecular weight is 323 g/mol. The minimum absolute atomic E-state index is 0.0810. The third-order valence-electron chi connectivity index (χ3n) is 3.59. The predicted octanol–water partition coefficient (Wildman–Crippen LogP) is 0.852. The number of rotatable bonds is 5. The topological polar surface area (TPSA) is 68.0 Å². The van der Waals surface area contributed by atoms with Crippen molar-refractivity contribution in [3.63, 3.8) is 0 Å². The molecule has 2 N–H and O–H groups in total. The maximum atomic E-state index is 12.2. The van der Waals surface area contributed by atoms with E-state index in [9.17, 15) is 4.79 Å². The van der Waals surface area contributed by atoms with Gasteiger partial charge in [-0.1, -0.05) is 12.1 Å². The number of ether oxygens (including phenoxy) is 2. The van der Waals surface area contributed by atoms with E-state index in [4.69, 9.17) is 27.4 Å². The molecule has 22 heavy (non-hydrogen) atoms. The molecule has 7 heteroatoms. The first-order valence-electron chi connectivity index (χ1n) is 7.20. The SMILES string of the molecule is COc1ccccc1OCCC(=O)N1CCN(C(N)=S)CC1. The predicted molar refractivity (Wildman–Crippen MR) is 88.0 cm³/mol. The highest BCUT2D eigenvalue weighted by Gasteiger charge is 2.21. The van der Waals surface area contributed by atoms with Gasteiger partial charge in [-0.25, -0.2) is 0 Å². The Labute approximate surface area is 135 Å². The fourth-order valence-electron chi connectivity index (χ4n) is 2.32. The molecule has 1 aromatic carbocycles. The van der Waals surface area contributed by atoms with Crippen molar-refractivity contribution >= 4 is 23.2 Å². The highest BCUT2D eigenvalue weighted by atomic mass is 32.1. The lowest BCUT2D eigenvalue weighted by molar-refractivity contribution is -0.133. The molecule has 1 saturated heterocycles. The number of amides is 1. The normalized spacial score (nSPS) is 14.6. The van der Waals surface area contributed by atoms with E-state index >= 15 is 0 Å². The summed E-state index contributed by atoms with van der Waals surface area (Å²) in [6, 6.07) is 7.39. The molecule has 0 spiro atoms. The lowest BCUT2D eigenvalue weighted by atomic mass is 10.3. The smallest absolute Gasteiger partial charge is 0.226 e. The Hall–Kier alpha value is -2.02. The van der Waals surface area contributed by atoms with Crippen LogP contribution in [0.15, 0.2) is 24.3 Å². The summed E-state index contributed by atoms with van der Waals surface area (Å²) in [7, 11) is 1.59. The van der Waals surface area contributed by atoms with E-state index in [0.29, 0.717) is 55.8 Å². The number of carbonyl (C=O) groups is 1. The summed E-state index contributed by atoms with van der Waals surface area (Å²) in [5, 5.41) is 0.395. The highest BCUT2D eigenvalue weighted by molar-refractivity contribution is 7.80. The van der Waals surface area contributed by atoms with Gasteiger partial charge in [0.1, 0.15) is 0 Å². The van der Waals surface area contributed by atoms with Crippen molar-refractivity contribution in [1.82, 2.24) is 9.80 Å². The molecule has 0 aliphatic carbocycles. The van der Waals surface area contributed by atoms with Crippen LogP contribution in [0.1, 0.15) is 6.42 Å². The third-order valence-corrected chi connectivity index (χ3v) is 3.84. The minimum atomic E-state index is 0.0810. The molecule has 0 unspecified atom stereocenters. The zero-order chi connectivity index (χ0) is 15.9. The second-order valence-corrected chi connectivity index (χ2v) is 5.37. The first kappa shape index (κ1) is 16.4. The quantitative estimate of drug-likeness (QED) is 0.811. The zero-order valence-electron chi connectivity index (χ0n) is 12.7. The van der Waals surface area contributed by atoms with Gasteiger partial charge in [-0.05, 0) is 24.4 Å². The standard InChI is InChI=1S/C15H21N3O3S/c1-20-12-4-2-3-5-13(12)21-11-6-14(19)17-7-9-18(10-8-17)15(16)22/h2-5H,6-11H2,1H3,(H2,16,22). The van der Waals surface area contributed by atoms with Crippen molar-refractivity contribution < 1.29 is 14.3 Å². The van der Waals surface area contributed by atoms with Gasteiger partial charge in [-0.2, -0.15) is 0 Å².